The molecule has 0 saturated heterocycles. The lowest BCUT2D eigenvalue weighted by Crippen LogP contribution is -2.57. The van der Waals surface area contributed by atoms with Gasteiger partial charge in [-0.2, -0.15) is 0 Å². The summed E-state index contributed by atoms with van der Waals surface area (Å²) in [7, 11) is 1.58. The summed E-state index contributed by atoms with van der Waals surface area (Å²) in [6, 6.07) is 16.8. The number of hydrogen-bond donors (Lipinski definition) is 1. The van der Waals surface area contributed by atoms with Gasteiger partial charge in [-0.15, -0.1) is 0 Å². The van der Waals surface area contributed by atoms with Crippen molar-refractivity contribution in [3.63, 3.8) is 0 Å². The molecule has 41 heavy (non-hydrogen) atoms. The van der Waals surface area contributed by atoms with Crippen LogP contribution in [0.15, 0.2) is 73.1 Å². The van der Waals surface area contributed by atoms with Gasteiger partial charge < -0.3 is 15.0 Å². The van der Waals surface area contributed by atoms with E-state index in [2.05, 4.69) is 15.3 Å². The average molecular weight is 552 g/mol. The Balaban J connectivity index is 1.58. The van der Waals surface area contributed by atoms with Crippen molar-refractivity contribution in [3.05, 3.63) is 105 Å². The quantitative estimate of drug-likeness (QED) is 0.256. The monoisotopic (exact) mass is 551 g/mol. The summed E-state index contributed by atoms with van der Waals surface area (Å²) in [5, 5.41) is 14.9. The second-order valence-corrected chi connectivity index (χ2v) is 10.5. The van der Waals surface area contributed by atoms with Crippen molar-refractivity contribution in [3.8, 4) is 5.75 Å². The molecule has 6 rings (SSSR count). The number of rotatable bonds is 7. The molecule has 1 saturated carbocycles. The molecule has 2 aliphatic rings. The molecule has 2 heterocycles. The molecule has 10 heteroatoms. The number of hydrogen-bond acceptors (Lipinski definition) is 7. The Kier molecular flexibility index (Phi) is 6.82. The van der Waals surface area contributed by atoms with E-state index in [-0.39, 0.29) is 29.7 Å². The van der Waals surface area contributed by atoms with Gasteiger partial charge in [-0.1, -0.05) is 37.5 Å². The zero-order valence-corrected chi connectivity index (χ0v) is 22.6. The zero-order valence-electron chi connectivity index (χ0n) is 22.6. The predicted molar refractivity (Wildman–Crippen MR) is 151 cm³/mol. The number of carbonyl (C=O) groups excluding carboxylic acids is 2. The molecule has 1 aliphatic heterocycles. The Morgan fingerprint density at radius 2 is 1.76 bits per heavy atom. The first-order valence-corrected chi connectivity index (χ1v) is 13.7. The van der Waals surface area contributed by atoms with Gasteiger partial charge in [-0.25, -0.2) is 0 Å². The lowest BCUT2D eigenvalue weighted by molar-refractivity contribution is -0.384. The van der Waals surface area contributed by atoms with Crippen LogP contribution in [0.4, 0.5) is 5.69 Å². The van der Waals surface area contributed by atoms with Crippen LogP contribution in [0.3, 0.4) is 0 Å². The van der Waals surface area contributed by atoms with Gasteiger partial charge in [0.25, 0.3) is 17.5 Å². The lowest BCUT2D eigenvalue weighted by atomic mass is 9.80. The second-order valence-electron chi connectivity index (χ2n) is 10.5. The van der Waals surface area contributed by atoms with Crippen LogP contribution >= 0.6 is 0 Å². The normalized spacial score (nSPS) is 18.8. The average Bonchev–Trinajstić information content (AvgIpc) is 3.25. The smallest absolute Gasteiger partial charge is 0.270 e. The van der Waals surface area contributed by atoms with Gasteiger partial charge in [0.2, 0.25) is 0 Å². The minimum absolute atomic E-state index is 0.0339. The van der Waals surface area contributed by atoms with Gasteiger partial charge in [0.15, 0.2) is 5.54 Å². The van der Waals surface area contributed by atoms with Crippen molar-refractivity contribution in [2.45, 2.75) is 50.2 Å². The molecular formula is C31H29N5O5. The molecule has 0 spiro atoms. The van der Waals surface area contributed by atoms with Gasteiger partial charge in [-0.05, 0) is 54.3 Å². The van der Waals surface area contributed by atoms with Crippen LogP contribution in [0.25, 0.3) is 11.0 Å². The minimum atomic E-state index is -1.59. The molecule has 208 valence electrons. The van der Waals surface area contributed by atoms with Crippen LogP contribution in [0, 0.1) is 10.1 Å². The maximum atomic E-state index is 14.7. The van der Waals surface area contributed by atoms with Crippen LogP contribution < -0.4 is 10.1 Å². The Hall–Kier alpha value is -4.86. The summed E-state index contributed by atoms with van der Waals surface area (Å²) in [5.74, 6) is -0.144. The third kappa shape index (κ3) is 4.55. The van der Waals surface area contributed by atoms with Gasteiger partial charge in [0.05, 0.1) is 28.6 Å². The van der Waals surface area contributed by atoms with Crippen LogP contribution in [0.5, 0.6) is 5.75 Å². The molecule has 3 aromatic carbocycles. The summed E-state index contributed by atoms with van der Waals surface area (Å²) >= 11 is 0. The van der Waals surface area contributed by atoms with Crippen molar-refractivity contribution < 1.29 is 19.2 Å². The maximum absolute atomic E-state index is 14.7. The Morgan fingerprint density at radius 1 is 1.02 bits per heavy atom. The number of non-ortho nitro benzene ring substituents is 1. The summed E-state index contributed by atoms with van der Waals surface area (Å²) < 4.78 is 5.30. The van der Waals surface area contributed by atoms with E-state index in [9.17, 15) is 19.7 Å². The number of nitrogens with zero attached hydrogens (tertiary/aromatic N) is 4. The van der Waals surface area contributed by atoms with E-state index in [1.54, 1.807) is 55.9 Å². The van der Waals surface area contributed by atoms with Crippen molar-refractivity contribution in [2.24, 2.45) is 0 Å². The molecule has 1 fully saturated rings. The predicted octanol–water partition coefficient (Wildman–Crippen LogP) is 4.90. The number of carbonyl (C=O) groups is 2. The van der Waals surface area contributed by atoms with Gasteiger partial charge in [-0.3, -0.25) is 29.7 Å². The number of nitro groups is 1. The lowest BCUT2D eigenvalue weighted by Gasteiger charge is -2.40. The fraction of sp³-hybridized carbons (Fsp3) is 0.290. The van der Waals surface area contributed by atoms with E-state index < -0.39 is 16.4 Å². The topological polar surface area (TPSA) is 128 Å². The van der Waals surface area contributed by atoms with Crippen molar-refractivity contribution in [2.75, 3.05) is 7.11 Å². The molecule has 1 unspecified atom stereocenters. The standard InChI is InChI=1S/C31H29N5O5/c1-41-24-11-7-20(8-12-24)19-35-29(37)25-18-23(36(39)40)10-13-26(25)31(35,30(38)34-22-5-3-2-4-6-22)21-9-14-27-28(17-21)33-16-15-32-27/h7-18,22H,2-6,19H2,1H3,(H,34,38). The van der Waals surface area contributed by atoms with E-state index in [1.165, 1.54) is 17.0 Å². The number of benzene rings is 3. The highest BCUT2D eigenvalue weighted by atomic mass is 16.6. The largest absolute Gasteiger partial charge is 0.497 e. The van der Waals surface area contributed by atoms with Crippen LogP contribution in [-0.2, 0) is 16.9 Å². The molecule has 10 nitrogen and oxygen atoms in total. The molecule has 1 N–H and O–H groups in total. The zero-order chi connectivity index (χ0) is 28.6. The Labute approximate surface area is 236 Å². The molecule has 1 aromatic heterocycles. The molecule has 1 aliphatic carbocycles. The third-order valence-corrected chi connectivity index (χ3v) is 8.14. The number of amides is 2. The summed E-state index contributed by atoms with van der Waals surface area (Å²) in [5.41, 5.74) is 1.25. The summed E-state index contributed by atoms with van der Waals surface area (Å²) in [4.78, 5) is 50.4. The molecular weight excluding hydrogens is 522 g/mol. The first-order chi connectivity index (χ1) is 19.9. The number of methoxy groups -OCH3 is 1. The number of ether oxygens (including phenoxy) is 1. The maximum Gasteiger partial charge on any atom is 0.270 e. The van der Waals surface area contributed by atoms with Crippen LogP contribution in [0.1, 0.15) is 59.2 Å². The third-order valence-electron chi connectivity index (χ3n) is 8.14. The van der Waals surface area contributed by atoms with Crippen LogP contribution in [0.2, 0.25) is 0 Å². The summed E-state index contributed by atoms with van der Waals surface area (Å²) in [6.07, 6.45) is 8.02. The highest BCUT2D eigenvalue weighted by Crippen LogP contribution is 2.47. The highest BCUT2D eigenvalue weighted by molar-refractivity contribution is 6.09. The summed E-state index contributed by atoms with van der Waals surface area (Å²) in [6.45, 7) is 0.0852. The van der Waals surface area contributed by atoms with Crippen LogP contribution in [-0.4, -0.2) is 44.8 Å². The first kappa shape index (κ1) is 26.4. The van der Waals surface area contributed by atoms with E-state index >= 15 is 0 Å². The van der Waals surface area contributed by atoms with Crippen molar-refractivity contribution >= 4 is 28.5 Å². The van der Waals surface area contributed by atoms with Crippen molar-refractivity contribution in [1.29, 1.82) is 0 Å². The highest BCUT2D eigenvalue weighted by Gasteiger charge is 2.57. The van der Waals surface area contributed by atoms with Gasteiger partial charge >= 0.3 is 0 Å². The number of fused-ring (bicyclic) bond motifs is 2. The molecule has 4 aromatic rings. The van der Waals surface area contributed by atoms with E-state index in [0.717, 1.165) is 37.7 Å². The first-order valence-electron chi connectivity index (χ1n) is 13.7. The van der Waals surface area contributed by atoms with Gasteiger partial charge in [0, 0.05) is 42.7 Å². The molecule has 0 bridgehead atoms. The minimum Gasteiger partial charge on any atom is -0.497 e. The van der Waals surface area contributed by atoms with E-state index in [0.29, 0.717) is 27.9 Å². The molecule has 1 atom stereocenters. The Bertz CT molecular complexity index is 1650. The van der Waals surface area contributed by atoms with E-state index in [4.69, 9.17) is 4.74 Å². The number of nitro benzene ring substituents is 1. The van der Waals surface area contributed by atoms with Gasteiger partial charge in [0.1, 0.15) is 5.75 Å². The SMILES string of the molecule is COc1ccc(CN2C(=O)c3cc([N+](=O)[O-])ccc3C2(C(=O)NC2CCCCC2)c2ccc3nccnc3c2)cc1. The number of aromatic nitrogens is 2. The molecule has 0 radical (unpaired) electrons. The fourth-order valence-corrected chi connectivity index (χ4v) is 6.10. The fourth-order valence-electron chi connectivity index (χ4n) is 6.10. The second kappa shape index (κ2) is 10.6. The Morgan fingerprint density at radius 3 is 2.46 bits per heavy atom. The molecule has 2 amide bonds. The van der Waals surface area contributed by atoms with Crippen molar-refractivity contribution in [1.82, 2.24) is 20.2 Å². The van der Waals surface area contributed by atoms with E-state index in [1.807, 2.05) is 12.1 Å². The number of nitrogens with one attached hydrogen (secondary N) is 1.